The summed E-state index contributed by atoms with van der Waals surface area (Å²) in [6.07, 6.45) is 0.632. The van der Waals surface area contributed by atoms with E-state index in [-0.39, 0.29) is 28.8 Å². The van der Waals surface area contributed by atoms with Gasteiger partial charge in [0.05, 0.1) is 22.2 Å². The molecule has 0 aliphatic carbocycles. The minimum absolute atomic E-state index is 0.0886. The van der Waals surface area contributed by atoms with Gasteiger partial charge in [-0.2, -0.15) is 0 Å². The minimum atomic E-state index is -0.231. The van der Waals surface area contributed by atoms with E-state index >= 15 is 0 Å². The highest BCUT2D eigenvalue weighted by atomic mass is 35.5. The predicted molar refractivity (Wildman–Crippen MR) is 113 cm³/mol. The second-order valence-electron chi connectivity index (χ2n) is 8.46. The van der Waals surface area contributed by atoms with Gasteiger partial charge >= 0.3 is 0 Å². The molecule has 2 aromatic heterocycles. The summed E-state index contributed by atoms with van der Waals surface area (Å²) in [5.41, 5.74) is 7.70. The van der Waals surface area contributed by atoms with Gasteiger partial charge < -0.3 is 15.1 Å². The van der Waals surface area contributed by atoms with Crippen LogP contribution in [-0.2, 0) is 24.9 Å². The number of anilines is 1. The maximum Gasteiger partial charge on any atom is 0.255 e. The van der Waals surface area contributed by atoms with Crippen molar-refractivity contribution >= 4 is 28.5 Å². The number of fused-ring (bicyclic) bond motifs is 2. The third-order valence-corrected chi connectivity index (χ3v) is 5.45. The molecule has 3 aromatic rings. The number of aromatic nitrogens is 2. The Bertz CT molecular complexity index is 1220. The van der Waals surface area contributed by atoms with Gasteiger partial charge in [-0.05, 0) is 18.2 Å². The quantitative estimate of drug-likeness (QED) is 0.667. The number of benzene rings is 1. The molecule has 1 aliphatic heterocycles. The second-order valence-corrected chi connectivity index (χ2v) is 8.90. The molecule has 0 bridgehead atoms. The first-order valence-electron chi connectivity index (χ1n) is 9.49. The number of nitrogen functional groups attached to an aromatic ring is 1. The fraction of sp³-hybridized carbons (Fsp3) is 0.381. The van der Waals surface area contributed by atoms with E-state index in [0.717, 1.165) is 5.69 Å². The molecule has 4 rings (SSSR count). The zero-order valence-corrected chi connectivity index (χ0v) is 17.4. The molecule has 8 heteroatoms. The summed E-state index contributed by atoms with van der Waals surface area (Å²) in [6, 6.07) is 4.87. The largest absolute Gasteiger partial charge is 0.440 e. The van der Waals surface area contributed by atoms with Gasteiger partial charge in [-0.1, -0.05) is 32.4 Å². The molecular weight excluding hydrogens is 392 g/mol. The van der Waals surface area contributed by atoms with Gasteiger partial charge in [0.15, 0.2) is 11.3 Å². The van der Waals surface area contributed by atoms with E-state index < -0.39 is 0 Å². The number of H-pyrrole nitrogens is 1. The third-order valence-electron chi connectivity index (χ3n) is 5.22. The Labute approximate surface area is 172 Å². The van der Waals surface area contributed by atoms with Crippen LogP contribution >= 0.6 is 11.6 Å². The molecule has 0 saturated heterocycles. The Morgan fingerprint density at radius 2 is 2.07 bits per heavy atom. The van der Waals surface area contributed by atoms with Crippen molar-refractivity contribution in [1.29, 1.82) is 0 Å². The molecule has 0 amide bonds. The number of hydrogen-bond acceptors (Lipinski definition) is 6. The molecule has 0 unspecified atom stereocenters. The highest BCUT2D eigenvalue weighted by Crippen LogP contribution is 2.24. The number of nitrogens with two attached hydrogens (primary N) is 1. The molecule has 0 radical (unpaired) electrons. The first-order chi connectivity index (χ1) is 13.6. The number of nitrogens with zero attached hydrogens (tertiary/aromatic N) is 2. The molecule has 1 aliphatic rings. The first kappa shape index (κ1) is 19.7. The van der Waals surface area contributed by atoms with E-state index in [1.807, 2.05) is 25.7 Å². The summed E-state index contributed by atoms with van der Waals surface area (Å²) in [6.45, 7) is 7.40. The van der Waals surface area contributed by atoms with Crippen LogP contribution in [0.5, 0.6) is 0 Å². The molecule has 1 aromatic carbocycles. The van der Waals surface area contributed by atoms with E-state index in [0.29, 0.717) is 52.5 Å². The van der Waals surface area contributed by atoms with Crippen molar-refractivity contribution in [3.8, 4) is 0 Å². The Balaban J connectivity index is 1.66. The smallest absolute Gasteiger partial charge is 0.255 e. The average Bonchev–Trinajstić information content (AvgIpc) is 2.65. The lowest BCUT2D eigenvalue weighted by atomic mass is 9.95. The number of halogens is 1. The summed E-state index contributed by atoms with van der Waals surface area (Å²) >= 11 is 6.03. The van der Waals surface area contributed by atoms with E-state index in [1.165, 1.54) is 0 Å². The summed E-state index contributed by atoms with van der Waals surface area (Å²) in [5.74, 6) is 0.775. The lowest BCUT2D eigenvalue weighted by molar-refractivity contribution is 0.239. The highest BCUT2D eigenvalue weighted by molar-refractivity contribution is 6.31. The molecule has 152 valence electrons. The maximum absolute atomic E-state index is 12.9. The first-order valence-corrected chi connectivity index (χ1v) is 9.87. The zero-order chi connectivity index (χ0) is 20.9. The summed E-state index contributed by atoms with van der Waals surface area (Å²) in [4.78, 5) is 35.2. The van der Waals surface area contributed by atoms with Crippen molar-refractivity contribution in [2.24, 2.45) is 0 Å². The Morgan fingerprint density at radius 3 is 2.79 bits per heavy atom. The van der Waals surface area contributed by atoms with Crippen molar-refractivity contribution < 1.29 is 4.42 Å². The lowest BCUT2D eigenvalue weighted by Gasteiger charge is -2.28. The number of hydrogen-bond donors (Lipinski definition) is 2. The van der Waals surface area contributed by atoms with Gasteiger partial charge in [0, 0.05) is 36.5 Å². The van der Waals surface area contributed by atoms with Crippen LogP contribution in [0.4, 0.5) is 5.88 Å². The summed E-state index contributed by atoms with van der Waals surface area (Å²) in [7, 11) is 0. The van der Waals surface area contributed by atoms with E-state index in [2.05, 4.69) is 9.97 Å². The van der Waals surface area contributed by atoms with Gasteiger partial charge in [-0.25, -0.2) is 4.98 Å². The van der Waals surface area contributed by atoms with Gasteiger partial charge in [-0.3, -0.25) is 14.5 Å². The maximum atomic E-state index is 12.9. The third kappa shape index (κ3) is 3.68. The van der Waals surface area contributed by atoms with Crippen LogP contribution in [0.1, 0.15) is 43.4 Å². The number of rotatable bonds is 2. The highest BCUT2D eigenvalue weighted by Gasteiger charge is 2.26. The SMILES string of the molecule is CC(C)(C)c1nc2c(c(=O)[nH]1)CN(Cc1c(N)oc3ccc(Cl)cc3c1=O)CC2. The van der Waals surface area contributed by atoms with Crippen LogP contribution in [0, 0.1) is 0 Å². The van der Waals surface area contributed by atoms with Crippen molar-refractivity contribution in [2.45, 2.75) is 45.7 Å². The van der Waals surface area contributed by atoms with Crippen molar-refractivity contribution in [1.82, 2.24) is 14.9 Å². The predicted octanol–water partition coefficient (Wildman–Crippen LogP) is 2.97. The Kier molecular flexibility index (Phi) is 4.75. The van der Waals surface area contributed by atoms with Crippen LogP contribution in [0.25, 0.3) is 11.0 Å². The Morgan fingerprint density at radius 1 is 1.31 bits per heavy atom. The fourth-order valence-corrected chi connectivity index (χ4v) is 3.74. The minimum Gasteiger partial charge on any atom is -0.440 e. The topological polar surface area (TPSA) is 105 Å². The second kappa shape index (κ2) is 7.00. The van der Waals surface area contributed by atoms with Crippen molar-refractivity contribution in [3.63, 3.8) is 0 Å². The van der Waals surface area contributed by atoms with Gasteiger partial charge in [0.2, 0.25) is 0 Å². The van der Waals surface area contributed by atoms with Crippen LogP contribution < -0.4 is 16.7 Å². The molecule has 0 atom stereocenters. The number of nitrogens with one attached hydrogen (secondary N) is 1. The van der Waals surface area contributed by atoms with Gasteiger partial charge in [0.1, 0.15) is 11.4 Å². The summed E-state index contributed by atoms with van der Waals surface area (Å²) in [5, 5.41) is 0.855. The molecule has 0 fully saturated rings. The molecule has 7 nitrogen and oxygen atoms in total. The van der Waals surface area contributed by atoms with E-state index in [1.54, 1.807) is 18.2 Å². The molecule has 3 heterocycles. The standard InChI is InChI=1S/C21H23ClN4O3/c1-21(2,3)20-24-15-6-7-26(9-13(15)19(28)25-20)10-14-17(27)12-8-11(22)4-5-16(12)29-18(14)23/h4-5,8H,6-7,9-10,23H2,1-3H3,(H,24,25,28). The number of aromatic amines is 1. The molecule has 0 spiro atoms. The van der Waals surface area contributed by atoms with Crippen LogP contribution in [0.2, 0.25) is 5.02 Å². The Hall–Kier alpha value is -2.64. The molecular formula is C21H23ClN4O3. The van der Waals surface area contributed by atoms with Crippen molar-refractivity contribution in [2.75, 3.05) is 12.3 Å². The van der Waals surface area contributed by atoms with Gasteiger partial charge in [0.25, 0.3) is 5.56 Å². The van der Waals surface area contributed by atoms with Crippen LogP contribution in [0.3, 0.4) is 0 Å². The average molecular weight is 415 g/mol. The van der Waals surface area contributed by atoms with Gasteiger partial charge in [-0.15, -0.1) is 0 Å². The lowest BCUT2D eigenvalue weighted by Crippen LogP contribution is -2.38. The van der Waals surface area contributed by atoms with Crippen LogP contribution in [0.15, 0.2) is 32.2 Å². The fourth-order valence-electron chi connectivity index (χ4n) is 3.57. The normalized spacial score (nSPS) is 14.9. The summed E-state index contributed by atoms with van der Waals surface area (Å²) < 4.78 is 5.63. The molecule has 29 heavy (non-hydrogen) atoms. The molecule has 3 N–H and O–H groups in total. The van der Waals surface area contributed by atoms with E-state index in [4.69, 9.17) is 21.8 Å². The monoisotopic (exact) mass is 414 g/mol. The van der Waals surface area contributed by atoms with E-state index in [9.17, 15) is 9.59 Å². The van der Waals surface area contributed by atoms with Crippen LogP contribution in [-0.4, -0.2) is 21.4 Å². The zero-order valence-electron chi connectivity index (χ0n) is 16.6. The molecule has 0 saturated carbocycles. The van der Waals surface area contributed by atoms with Crippen molar-refractivity contribution in [3.05, 3.63) is 66.4 Å².